The summed E-state index contributed by atoms with van der Waals surface area (Å²) in [6.07, 6.45) is 8.26. The fraction of sp³-hybridized carbons (Fsp3) is 0.700. The van der Waals surface area contributed by atoms with Gasteiger partial charge in [-0.25, -0.2) is 0 Å². The lowest BCUT2D eigenvalue weighted by molar-refractivity contribution is -0.0446. The van der Waals surface area contributed by atoms with Gasteiger partial charge in [0.05, 0.1) is 19.3 Å². The Morgan fingerprint density at radius 1 is 1.09 bits per heavy atom. The van der Waals surface area contributed by atoms with Gasteiger partial charge in [0.1, 0.15) is 5.75 Å². The molecule has 1 saturated carbocycles. The SMILES string of the molecule is COc1ccccc1[C@H](NC1C[C@H](C)O[C@@H](C)C1)C1CCCC1. The molecule has 3 rings (SSSR count). The Labute approximate surface area is 140 Å². The van der Waals surface area contributed by atoms with Crippen LogP contribution >= 0.6 is 0 Å². The van der Waals surface area contributed by atoms with E-state index in [9.17, 15) is 0 Å². The van der Waals surface area contributed by atoms with Crippen molar-refractivity contribution in [3.8, 4) is 5.75 Å². The lowest BCUT2D eigenvalue weighted by atomic mass is 9.88. The van der Waals surface area contributed by atoms with E-state index in [1.165, 1.54) is 31.2 Å². The van der Waals surface area contributed by atoms with Crippen molar-refractivity contribution in [1.82, 2.24) is 5.32 Å². The number of hydrogen-bond acceptors (Lipinski definition) is 3. The first kappa shape index (κ1) is 16.8. The van der Waals surface area contributed by atoms with Crippen molar-refractivity contribution >= 4 is 0 Å². The topological polar surface area (TPSA) is 30.5 Å². The molecule has 1 aliphatic heterocycles. The van der Waals surface area contributed by atoms with Gasteiger partial charge in [-0.05, 0) is 51.5 Å². The molecule has 128 valence electrons. The van der Waals surface area contributed by atoms with E-state index in [0.29, 0.717) is 24.3 Å². The van der Waals surface area contributed by atoms with Crippen LogP contribution in [0.25, 0.3) is 0 Å². The van der Waals surface area contributed by atoms with Crippen LogP contribution in [0.1, 0.15) is 64.0 Å². The van der Waals surface area contributed by atoms with Crippen LogP contribution in [-0.4, -0.2) is 25.4 Å². The molecule has 1 N–H and O–H groups in total. The smallest absolute Gasteiger partial charge is 0.123 e. The van der Waals surface area contributed by atoms with Crippen molar-refractivity contribution in [3.63, 3.8) is 0 Å². The zero-order valence-electron chi connectivity index (χ0n) is 14.8. The van der Waals surface area contributed by atoms with E-state index >= 15 is 0 Å². The van der Waals surface area contributed by atoms with Gasteiger partial charge in [0, 0.05) is 17.6 Å². The molecule has 0 unspecified atom stereocenters. The Morgan fingerprint density at radius 2 is 1.74 bits per heavy atom. The second-order valence-electron chi connectivity index (χ2n) is 7.36. The highest BCUT2D eigenvalue weighted by Gasteiger charge is 2.32. The minimum absolute atomic E-state index is 0.346. The summed E-state index contributed by atoms with van der Waals surface area (Å²) in [4.78, 5) is 0. The molecule has 3 atom stereocenters. The fourth-order valence-electron chi connectivity index (χ4n) is 4.49. The molecule has 1 aliphatic carbocycles. The van der Waals surface area contributed by atoms with E-state index in [0.717, 1.165) is 24.5 Å². The number of para-hydroxylation sites is 1. The summed E-state index contributed by atoms with van der Waals surface area (Å²) < 4.78 is 11.6. The molecular weight excluding hydrogens is 286 g/mol. The van der Waals surface area contributed by atoms with E-state index in [4.69, 9.17) is 9.47 Å². The van der Waals surface area contributed by atoms with Crippen molar-refractivity contribution in [2.24, 2.45) is 5.92 Å². The van der Waals surface area contributed by atoms with E-state index in [2.05, 4.69) is 43.4 Å². The molecule has 3 heteroatoms. The van der Waals surface area contributed by atoms with Crippen LogP contribution in [0.15, 0.2) is 24.3 Å². The van der Waals surface area contributed by atoms with Crippen LogP contribution < -0.4 is 10.1 Å². The van der Waals surface area contributed by atoms with Crippen molar-refractivity contribution in [3.05, 3.63) is 29.8 Å². The van der Waals surface area contributed by atoms with Crippen LogP contribution in [0.2, 0.25) is 0 Å². The van der Waals surface area contributed by atoms with E-state index in [1.54, 1.807) is 7.11 Å². The Bertz CT molecular complexity index is 488. The van der Waals surface area contributed by atoms with Gasteiger partial charge in [-0.1, -0.05) is 31.0 Å². The average molecular weight is 317 g/mol. The van der Waals surface area contributed by atoms with E-state index < -0.39 is 0 Å². The third-order valence-electron chi connectivity index (χ3n) is 5.46. The van der Waals surface area contributed by atoms with Crippen LogP contribution in [0.4, 0.5) is 0 Å². The molecule has 1 saturated heterocycles. The molecule has 2 fully saturated rings. The summed E-state index contributed by atoms with van der Waals surface area (Å²) in [7, 11) is 1.78. The average Bonchev–Trinajstić information content (AvgIpc) is 3.06. The van der Waals surface area contributed by atoms with Crippen LogP contribution in [-0.2, 0) is 4.74 Å². The summed E-state index contributed by atoms with van der Waals surface area (Å²) in [5.74, 6) is 1.74. The van der Waals surface area contributed by atoms with Crippen molar-refractivity contribution < 1.29 is 9.47 Å². The number of hydrogen-bond donors (Lipinski definition) is 1. The molecule has 23 heavy (non-hydrogen) atoms. The van der Waals surface area contributed by atoms with Crippen molar-refractivity contribution in [1.29, 1.82) is 0 Å². The highest BCUT2D eigenvalue weighted by atomic mass is 16.5. The quantitative estimate of drug-likeness (QED) is 0.869. The van der Waals surface area contributed by atoms with Crippen LogP contribution in [0, 0.1) is 5.92 Å². The molecular formula is C20H31NO2. The molecule has 3 nitrogen and oxygen atoms in total. The zero-order chi connectivity index (χ0) is 16.2. The summed E-state index contributed by atoms with van der Waals surface area (Å²) in [6, 6.07) is 9.46. The Morgan fingerprint density at radius 3 is 2.39 bits per heavy atom. The predicted octanol–water partition coefficient (Wildman–Crippen LogP) is 4.47. The van der Waals surface area contributed by atoms with E-state index in [1.807, 2.05) is 0 Å². The zero-order valence-corrected chi connectivity index (χ0v) is 14.8. The molecule has 0 bridgehead atoms. The monoisotopic (exact) mass is 317 g/mol. The van der Waals surface area contributed by atoms with Gasteiger partial charge in [0.15, 0.2) is 0 Å². The molecule has 1 aromatic carbocycles. The first-order valence-corrected chi connectivity index (χ1v) is 9.21. The highest BCUT2D eigenvalue weighted by Crippen LogP contribution is 2.40. The molecule has 0 radical (unpaired) electrons. The Hall–Kier alpha value is -1.06. The summed E-state index contributed by atoms with van der Waals surface area (Å²) in [5, 5.41) is 3.99. The number of ether oxygens (including phenoxy) is 2. The molecule has 2 aliphatic rings. The van der Waals surface area contributed by atoms with Gasteiger partial charge in [0.2, 0.25) is 0 Å². The molecule has 0 aromatic heterocycles. The summed E-state index contributed by atoms with van der Waals surface area (Å²) in [6.45, 7) is 4.38. The van der Waals surface area contributed by atoms with Crippen molar-refractivity contribution in [2.45, 2.75) is 76.7 Å². The van der Waals surface area contributed by atoms with Gasteiger partial charge in [-0.3, -0.25) is 0 Å². The Balaban J connectivity index is 1.81. The normalized spacial score (nSPS) is 30.3. The van der Waals surface area contributed by atoms with Gasteiger partial charge in [-0.15, -0.1) is 0 Å². The lowest BCUT2D eigenvalue weighted by Gasteiger charge is -2.37. The predicted molar refractivity (Wildman–Crippen MR) is 93.9 cm³/mol. The van der Waals surface area contributed by atoms with Crippen LogP contribution in [0.3, 0.4) is 0 Å². The fourth-order valence-corrected chi connectivity index (χ4v) is 4.49. The molecule has 0 spiro atoms. The Kier molecular flexibility index (Phi) is 5.60. The van der Waals surface area contributed by atoms with Gasteiger partial charge < -0.3 is 14.8 Å². The maximum absolute atomic E-state index is 5.91. The second kappa shape index (κ2) is 7.67. The third kappa shape index (κ3) is 4.07. The minimum Gasteiger partial charge on any atom is -0.496 e. The molecule has 1 heterocycles. The molecule has 0 amide bonds. The van der Waals surface area contributed by atoms with Gasteiger partial charge >= 0.3 is 0 Å². The summed E-state index contributed by atoms with van der Waals surface area (Å²) >= 11 is 0. The third-order valence-corrected chi connectivity index (χ3v) is 5.46. The second-order valence-corrected chi connectivity index (χ2v) is 7.36. The van der Waals surface area contributed by atoms with Crippen molar-refractivity contribution in [2.75, 3.05) is 7.11 Å². The van der Waals surface area contributed by atoms with Gasteiger partial charge in [-0.2, -0.15) is 0 Å². The first-order valence-electron chi connectivity index (χ1n) is 9.21. The van der Waals surface area contributed by atoms with Gasteiger partial charge in [0.25, 0.3) is 0 Å². The number of benzene rings is 1. The standard InChI is InChI=1S/C20H31NO2/c1-14-12-17(13-15(2)23-14)21-20(16-8-4-5-9-16)18-10-6-7-11-19(18)22-3/h6-7,10-11,14-17,20-21H,4-5,8-9,12-13H2,1-3H3/t14-,15-,20+/m0/s1. The highest BCUT2D eigenvalue weighted by molar-refractivity contribution is 5.36. The number of rotatable bonds is 5. The first-order chi connectivity index (χ1) is 11.2. The maximum atomic E-state index is 5.91. The lowest BCUT2D eigenvalue weighted by Crippen LogP contribution is -2.44. The number of nitrogens with one attached hydrogen (secondary N) is 1. The van der Waals surface area contributed by atoms with E-state index in [-0.39, 0.29) is 0 Å². The van der Waals surface area contributed by atoms with Crippen LogP contribution in [0.5, 0.6) is 5.75 Å². The molecule has 1 aromatic rings. The maximum Gasteiger partial charge on any atom is 0.123 e. The summed E-state index contributed by atoms with van der Waals surface area (Å²) in [5.41, 5.74) is 1.33. The minimum atomic E-state index is 0.346. The largest absolute Gasteiger partial charge is 0.496 e. The number of methoxy groups -OCH3 is 1.